The minimum absolute atomic E-state index is 0. The zero-order chi connectivity index (χ0) is 16.9. The van der Waals surface area contributed by atoms with Gasteiger partial charge in [-0.2, -0.15) is 0 Å². The molecule has 0 saturated carbocycles. The average Bonchev–Trinajstić information content (AvgIpc) is 2.61. The molecule has 5 heteroatoms. The zero-order valence-corrected chi connectivity index (χ0v) is 15.5. The summed E-state index contributed by atoms with van der Waals surface area (Å²) in [6.45, 7) is 2.69. The molecule has 1 heterocycles. The Kier molecular flexibility index (Phi) is 7.09. The van der Waals surface area contributed by atoms with Crippen LogP contribution in [-0.2, 0) is 0 Å². The summed E-state index contributed by atoms with van der Waals surface area (Å²) < 4.78 is 24.4. The summed E-state index contributed by atoms with van der Waals surface area (Å²) in [5.74, 6) is 2.28. The average molecular weight is 366 g/mol. The fourth-order valence-corrected chi connectivity index (χ4v) is 3.41. The van der Waals surface area contributed by atoms with Crippen molar-refractivity contribution in [3.63, 3.8) is 0 Å². The third-order valence-corrected chi connectivity index (χ3v) is 4.76. The summed E-state index contributed by atoms with van der Waals surface area (Å²) in [6.07, 6.45) is 1.07. The molecule has 0 bridgehead atoms. The van der Waals surface area contributed by atoms with Gasteiger partial charge in [-0.15, -0.1) is 12.4 Å². The summed E-state index contributed by atoms with van der Waals surface area (Å²) in [5, 5.41) is 0. The number of ether oxygens (including phenoxy) is 2. The van der Waals surface area contributed by atoms with Crippen LogP contribution in [0.5, 0.6) is 11.5 Å². The summed E-state index contributed by atoms with van der Waals surface area (Å²) in [7, 11) is 3.79. The first-order chi connectivity index (χ1) is 11.7. The SMILES string of the molecule is COc1ccc(OCC2CN(C)CCC2c2ccc(F)cc2)cc1.Cl. The van der Waals surface area contributed by atoms with Crippen LogP contribution in [0.1, 0.15) is 17.9 Å². The summed E-state index contributed by atoms with van der Waals surface area (Å²) in [4.78, 5) is 2.34. The minimum Gasteiger partial charge on any atom is -0.497 e. The van der Waals surface area contributed by atoms with Crippen molar-refractivity contribution in [1.29, 1.82) is 0 Å². The van der Waals surface area contributed by atoms with Crippen LogP contribution in [0.25, 0.3) is 0 Å². The Morgan fingerprint density at radius 3 is 2.32 bits per heavy atom. The molecule has 2 aromatic carbocycles. The standard InChI is InChI=1S/C20H24FNO2.ClH/c1-22-12-11-20(15-3-5-17(21)6-4-15)16(13-22)14-24-19-9-7-18(23-2)8-10-19;/h3-10,16,20H,11-14H2,1-2H3;1H. The van der Waals surface area contributed by atoms with Gasteiger partial charge < -0.3 is 14.4 Å². The molecule has 1 saturated heterocycles. The number of benzene rings is 2. The highest BCUT2D eigenvalue weighted by molar-refractivity contribution is 5.85. The van der Waals surface area contributed by atoms with E-state index >= 15 is 0 Å². The van der Waals surface area contributed by atoms with Gasteiger partial charge in [-0.1, -0.05) is 12.1 Å². The van der Waals surface area contributed by atoms with E-state index in [2.05, 4.69) is 11.9 Å². The Morgan fingerprint density at radius 2 is 1.68 bits per heavy atom. The number of hydrogen-bond donors (Lipinski definition) is 0. The van der Waals surface area contributed by atoms with Gasteiger partial charge in [0.15, 0.2) is 0 Å². The molecule has 3 rings (SSSR count). The van der Waals surface area contributed by atoms with E-state index in [-0.39, 0.29) is 18.2 Å². The predicted molar refractivity (Wildman–Crippen MR) is 100 cm³/mol. The van der Waals surface area contributed by atoms with Crippen LogP contribution in [0, 0.1) is 11.7 Å². The van der Waals surface area contributed by atoms with Crippen molar-refractivity contribution in [3.8, 4) is 11.5 Å². The summed E-state index contributed by atoms with van der Waals surface area (Å²) >= 11 is 0. The van der Waals surface area contributed by atoms with Crippen molar-refractivity contribution >= 4 is 12.4 Å². The van der Waals surface area contributed by atoms with Crippen LogP contribution in [0.4, 0.5) is 4.39 Å². The van der Waals surface area contributed by atoms with Gasteiger partial charge in [0.1, 0.15) is 17.3 Å². The molecule has 2 unspecified atom stereocenters. The van der Waals surface area contributed by atoms with E-state index in [1.807, 2.05) is 36.4 Å². The van der Waals surface area contributed by atoms with Gasteiger partial charge in [-0.3, -0.25) is 0 Å². The van der Waals surface area contributed by atoms with Gasteiger partial charge in [0.05, 0.1) is 13.7 Å². The lowest BCUT2D eigenvalue weighted by Gasteiger charge is -2.37. The Bertz CT molecular complexity index is 648. The predicted octanol–water partition coefficient (Wildman–Crippen LogP) is 4.37. The fraction of sp³-hybridized carbons (Fsp3) is 0.400. The van der Waals surface area contributed by atoms with Gasteiger partial charge in [0, 0.05) is 12.5 Å². The molecule has 0 amide bonds. The van der Waals surface area contributed by atoms with E-state index in [0.717, 1.165) is 31.0 Å². The second-order valence-electron chi connectivity index (χ2n) is 6.46. The van der Waals surface area contributed by atoms with E-state index in [0.29, 0.717) is 18.4 Å². The van der Waals surface area contributed by atoms with Crippen molar-refractivity contribution in [2.45, 2.75) is 12.3 Å². The number of rotatable bonds is 5. The molecule has 1 aliphatic rings. The van der Waals surface area contributed by atoms with Crippen LogP contribution in [0.3, 0.4) is 0 Å². The Morgan fingerprint density at radius 1 is 1.04 bits per heavy atom. The van der Waals surface area contributed by atoms with Crippen molar-refractivity contribution in [2.24, 2.45) is 5.92 Å². The molecule has 2 aromatic rings. The largest absolute Gasteiger partial charge is 0.497 e. The molecular weight excluding hydrogens is 341 g/mol. The Labute approximate surface area is 155 Å². The quantitative estimate of drug-likeness (QED) is 0.785. The van der Waals surface area contributed by atoms with Crippen LogP contribution in [0.2, 0.25) is 0 Å². The maximum absolute atomic E-state index is 13.2. The van der Waals surface area contributed by atoms with Crippen molar-refractivity contribution in [1.82, 2.24) is 4.90 Å². The van der Waals surface area contributed by atoms with Crippen LogP contribution in [0.15, 0.2) is 48.5 Å². The molecule has 136 valence electrons. The molecule has 0 aromatic heterocycles. The van der Waals surface area contributed by atoms with Crippen LogP contribution >= 0.6 is 12.4 Å². The van der Waals surface area contributed by atoms with Gasteiger partial charge >= 0.3 is 0 Å². The molecule has 2 atom stereocenters. The minimum atomic E-state index is -0.183. The molecule has 1 fully saturated rings. The van der Waals surface area contributed by atoms with E-state index in [1.54, 1.807) is 19.2 Å². The molecule has 0 radical (unpaired) electrons. The van der Waals surface area contributed by atoms with E-state index in [9.17, 15) is 4.39 Å². The topological polar surface area (TPSA) is 21.7 Å². The molecule has 3 nitrogen and oxygen atoms in total. The molecule has 1 aliphatic heterocycles. The highest BCUT2D eigenvalue weighted by Gasteiger charge is 2.29. The van der Waals surface area contributed by atoms with Gasteiger partial charge in [0.25, 0.3) is 0 Å². The number of hydrogen-bond acceptors (Lipinski definition) is 3. The third kappa shape index (κ3) is 5.10. The van der Waals surface area contributed by atoms with Crippen molar-refractivity contribution in [2.75, 3.05) is 33.9 Å². The number of nitrogens with zero attached hydrogens (tertiary/aromatic N) is 1. The summed E-state index contributed by atoms with van der Waals surface area (Å²) in [5.41, 5.74) is 1.20. The molecule has 25 heavy (non-hydrogen) atoms. The highest BCUT2D eigenvalue weighted by atomic mass is 35.5. The highest BCUT2D eigenvalue weighted by Crippen LogP contribution is 2.33. The molecule has 0 N–H and O–H groups in total. The van der Waals surface area contributed by atoms with Crippen molar-refractivity contribution in [3.05, 3.63) is 59.9 Å². The smallest absolute Gasteiger partial charge is 0.123 e. The number of piperidine rings is 1. The first kappa shape index (κ1) is 19.5. The van der Waals surface area contributed by atoms with E-state index < -0.39 is 0 Å². The first-order valence-electron chi connectivity index (χ1n) is 8.36. The van der Waals surface area contributed by atoms with Gasteiger partial charge in [0.2, 0.25) is 0 Å². The second kappa shape index (κ2) is 9.07. The third-order valence-electron chi connectivity index (χ3n) is 4.76. The fourth-order valence-electron chi connectivity index (χ4n) is 3.41. The van der Waals surface area contributed by atoms with Gasteiger partial charge in [-0.05, 0) is 67.9 Å². The maximum atomic E-state index is 13.2. The lowest BCUT2D eigenvalue weighted by atomic mass is 9.81. The van der Waals surface area contributed by atoms with E-state index in [4.69, 9.17) is 9.47 Å². The molecule has 0 aliphatic carbocycles. The zero-order valence-electron chi connectivity index (χ0n) is 14.7. The lowest BCUT2D eigenvalue weighted by Crippen LogP contribution is -2.39. The first-order valence-corrected chi connectivity index (χ1v) is 8.36. The number of likely N-dealkylation sites (tertiary alicyclic amines) is 1. The Hall–Kier alpha value is -1.78. The normalized spacial score (nSPS) is 20.6. The number of methoxy groups -OCH3 is 1. The second-order valence-corrected chi connectivity index (χ2v) is 6.46. The van der Waals surface area contributed by atoms with Crippen molar-refractivity contribution < 1.29 is 13.9 Å². The molecule has 0 spiro atoms. The van der Waals surface area contributed by atoms with Crippen LogP contribution in [-0.4, -0.2) is 38.8 Å². The van der Waals surface area contributed by atoms with Gasteiger partial charge in [-0.25, -0.2) is 4.39 Å². The summed E-state index contributed by atoms with van der Waals surface area (Å²) in [6, 6.07) is 14.6. The van der Waals surface area contributed by atoms with E-state index in [1.165, 1.54) is 5.56 Å². The lowest BCUT2D eigenvalue weighted by molar-refractivity contribution is 0.129. The number of halogens is 2. The maximum Gasteiger partial charge on any atom is 0.123 e. The monoisotopic (exact) mass is 365 g/mol. The Balaban J connectivity index is 0.00000225. The molecular formula is C20H25ClFNO2. The van der Waals surface area contributed by atoms with Crippen LogP contribution < -0.4 is 9.47 Å².